The third kappa shape index (κ3) is 2.78. The molecule has 21 heavy (non-hydrogen) atoms. The monoisotopic (exact) mass is 315 g/mol. The van der Waals surface area contributed by atoms with Gasteiger partial charge in [-0.2, -0.15) is 0 Å². The smallest absolute Gasteiger partial charge is 0.150 e. The van der Waals surface area contributed by atoms with E-state index >= 15 is 0 Å². The van der Waals surface area contributed by atoms with Crippen molar-refractivity contribution >= 4 is 29.0 Å². The van der Waals surface area contributed by atoms with Gasteiger partial charge in [0.1, 0.15) is 16.3 Å². The summed E-state index contributed by atoms with van der Waals surface area (Å²) in [6.45, 7) is 2.43. The summed E-state index contributed by atoms with van der Waals surface area (Å²) in [4.78, 5) is 20.9. The average Bonchev–Trinajstić information content (AvgIpc) is 3.13. The van der Waals surface area contributed by atoms with E-state index in [2.05, 4.69) is 9.97 Å². The van der Waals surface area contributed by atoms with Crippen LogP contribution in [0.25, 0.3) is 21.1 Å². The summed E-state index contributed by atoms with van der Waals surface area (Å²) >= 11 is 3.17. The number of aldehydes is 1. The zero-order chi connectivity index (χ0) is 14.8. The summed E-state index contributed by atoms with van der Waals surface area (Å²) < 4.78 is 0. The van der Waals surface area contributed by atoms with Crippen molar-refractivity contribution in [1.82, 2.24) is 9.97 Å². The Bertz CT molecular complexity index is 775. The van der Waals surface area contributed by atoms with Crippen molar-refractivity contribution in [2.75, 3.05) is 0 Å². The fraction of sp³-hybridized carbons (Fsp3) is 0.133. The van der Waals surface area contributed by atoms with Crippen LogP contribution in [0.1, 0.15) is 21.1 Å². The lowest BCUT2D eigenvalue weighted by Crippen LogP contribution is -1.94. The molecule has 3 rings (SSSR count). The molecule has 0 aliphatic heterocycles. The van der Waals surface area contributed by atoms with Gasteiger partial charge < -0.3 is 5.73 Å². The van der Waals surface area contributed by atoms with Gasteiger partial charge in [0.15, 0.2) is 0 Å². The first-order valence-electron chi connectivity index (χ1n) is 6.39. The second-order valence-electron chi connectivity index (χ2n) is 4.50. The Labute approximate surface area is 130 Å². The minimum atomic E-state index is 0.454. The van der Waals surface area contributed by atoms with Crippen molar-refractivity contribution in [2.24, 2.45) is 5.73 Å². The van der Waals surface area contributed by atoms with Crippen molar-refractivity contribution in [3.8, 4) is 21.1 Å². The van der Waals surface area contributed by atoms with Gasteiger partial charge in [-0.3, -0.25) is 4.79 Å². The Kier molecular flexibility index (Phi) is 3.92. The van der Waals surface area contributed by atoms with Crippen LogP contribution in [0.5, 0.6) is 0 Å². The molecule has 0 bridgehead atoms. The Morgan fingerprint density at radius 1 is 1.24 bits per heavy atom. The molecular weight excluding hydrogens is 302 g/mol. The van der Waals surface area contributed by atoms with Gasteiger partial charge in [0, 0.05) is 23.1 Å². The van der Waals surface area contributed by atoms with Gasteiger partial charge in [0.2, 0.25) is 0 Å². The van der Waals surface area contributed by atoms with E-state index < -0.39 is 0 Å². The third-order valence-corrected chi connectivity index (χ3v) is 5.14. The lowest BCUT2D eigenvalue weighted by molar-refractivity contribution is 0.112. The van der Waals surface area contributed by atoms with E-state index in [0.29, 0.717) is 12.1 Å². The molecule has 2 heterocycles. The minimum absolute atomic E-state index is 0.454. The molecule has 0 fully saturated rings. The van der Waals surface area contributed by atoms with E-state index in [1.165, 1.54) is 0 Å². The van der Waals surface area contributed by atoms with Gasteiger partial charge in [-0.25, -0.2) is 9.97 Å². The summed E-state index contributed by atoms with van der Waals surface area (Å²) in [6, 6.07) is 7.43. The molecule has 2 aromatic heterocycles. The molecule has 0 saturated carbocycles. The van der Waals surface area contributed by atoms with Gasteiger partial charge >= 0.3 is 0 Å². The van der Waals surface area contributed by atoms with Crippen LogP contribution >= 0.6 is 22.7 Å². The number of benzene rings is 1. The molecule has 2 N–H and O–H groups in total. The van der Waals surface area contributed by atoms with Crippen LogP contribution in [0.2, 0.25) is 0 Å². The standard InChI is InChI=1S/C15H13N3OS2/c1-9-14(21-13(6-16)17-9)12-8-20-15(18-12)11-4-2-10(7-19)3-5-11/h2-5,7-8H,6,16H2,1H3. The summed E-state index contributed by atoms with van der Waals surface area (Å²) in [7, 11) is 0. The fourth-order valence-electron chi connectivity index (χ4n) is 1.99. The van der Waals surface area contributed by atoms with Crippen LogP contribution in [0.15, 0.2) is 29.6 Å². The molecule has 0 aliphatic carbocycles. The molecule has 3 aromatic rings. The van der Waals surface area contributed by atoms with Gasteiger partial charge in [0.05, 0.1) is 16.3 Å². The zero-order valence-corrected chi connectivity index (χ0v) is 13.0. The first-order chi connectivity index (χ1) is 10.2. The van der Waals surface area contributed by atoms with Gasteiger partial charge in [-0.1, -0.05) is 24.3 Å². The molecule has 6 heteroatoms. The molecule has 0 radical (unpaired) electrons. The third-order valence-electron chi connectivity index (χ3n) is 3.05. The SMILES string of the molecule is Cc1nc(CN)sc1-c1csc(-c2ccc(C=O)cc2)n1. The topological polar surface area (TPSA) is 68.9 Å². The van der Waals surface area contributed by atoms with Crippen molar-refractivity contribution in [1.29, 1.82) is 0 Å². The first kappa shape index (κ1) is 14.1. The number of hydrogen-bond acceptors (Lipinski definition) is 6. The molecule has 4 nitrogen and oxygen atoms in total. The van der Waals surface area contributed by atoms with E-state index in [1.54, 1.807) is 34.8 Å². The van der Waals surface area contributed by atoms with Crippen LogP contribution in [0, 0.1) is 6.92 Å². The maximum absolute atomic E-state index is 10.7. The van der Waals surface area contributed by atoms with E-state index in [4.69, 9.17) is 5.73 Å². The number of thiazole rings is 2. The molecule has 0 atom stereocenters. The molecule has 0 spiro atoms. The fourth-order valence-corrected chi connectivity index (χ4v) is 3.79. The largest absolute Gasteiger partial charge is 0.325 e. The summed E-state index contributed by atoms with van der Waals surface area (Å²) in [5.74, 6) is 0. The number of aryl methyl sites for hydroxylation is 1. The molecule has 1 aromatic carbocycles. The molecule has 106 valence electrons. The maximum atomic E-state index is 10.7. The number of aromatic nitrogens is 2. The zero-order valence-electron chi connectivity index (χ0n) is 11.4. The predicted octanol–water partition coefficient (Wildman–Crippen LogP) is 3.51. The predicted molar refractivity (Wildman–Crippen MR) is 86.7 cm³/mol. The summed E-state index contributed by atoms with van der Waals surface area (Å²) in [5.41, 5.74) is 9.22. The van der Waals surface area contributed by atoms with E-state index in [9.17, 15) is 4.79 Å². The minimum Gasteiger partial charge on any atom is -0.325 e. The maximum Gasteiger partial charge on any atom is 0.150 e. The first-order valence-corrected chi connectivity index (χ1v) is 8.08. The van der Waals surface area contributed by atoms with Crippen LogP contribution in [0.3, 0.4) is 0 Å². The summed E-state index contributed by atoms with van der Waals surface area (Å²) in [5, 5.41) is 3.89. The van der Waals surface area contributed by atoms with Crippen LogP contribution in [-0.4, -0.2) is 16.3 Å². The van der Waals surface area contributed by atoms with Crippen molar-refractivity contribution < 1.29 is 4.79 Å². The lowest BCUT2D eigenvalue weighted by atomic mass is 10.1. The van der Waals surface area contributed by atoms with Gasteiger partial charge in [-0.15, -0.1) is 22.7 Å². The van der Waals surface area contributed by atoms with Crippen molar-refractivity contribution in [2.45, 2.75) is 13.5 Å². The molecule has 0 aliphatic rings. The molecular formula is C15H13N3OS2. The highest BCUT2D eigenvalue weighted by molar-refractivity contribution is 7.16. The highest BCUT2D eigenvalue weighted by Gasteiger charge is 2.13. The van der Waals surface area contributed by atoms with Crippen molar-refractivity contribution in [3.05, 3.63) is 45.9 Å². The lowest BCUT2D eigenvalue weighted by Gasteiger charge is -1.96. The van der Waals surface area contributed by atoms with Crippen molar-refractivity contribution in [3.63, 3.8) is 0 Å². The number of hydrogen-bond donors (Lipinski definition) is 1. The highest BCUT2D eigenvalue weighted by atomic mass is 32.1. The number of nitrogens with zero attached hydrogens (tertiary/aromatic N) is 2. The number of rotatable bonds is 4. The van der Waals surface area contributed by atoms with E-state index in [-0.39, 0.29) is 0 Å². The van der Waals surface area contributed by atoms with Gasteiger partial charge in [-0.05, 0) is 6.92 Å². The quantitative estimate of drug-likeness (QED) is 0.748. The second-order valence-corrected chi connectivity index (χ2v) is 6.45. The Morgan fingerprint density at radius 3 is 2.62 bits per heavy atom. The van der Waals surface area contributed by atoms with E-state index in [1.807, 2.05) is 24.4 Å². The number of carbonyl (C=O) groups is 1. The molecule has 0 unspecified atom stereocenters. The Morgan fingerprint density at radius 2 is 2.00 bits per heavy atom. The number of nitrogens with two attached hydrogens (primary N) is 1. The van der Waals surface area contributed by atoms with Crippen LogP contribution in [-0.2, 0) is 6.54 Å². The molecule has 0 saturated heterocycles. The van der Waals surface area contributed by atoms with Crippen LogP contribution < -0.4 is 5.73 Å². The molecule has 0 amide bonds. The summed E-state index contributed by atoms with van der Waals surface area (Å²) in [6.07, 6.45) is 0.839. The van der Waals surface area contributed by atoms with Gasteiger partial charge in [0.25, 0.3) is 0 Å². The van der Waals surface area contributed by atoms with E-state index in [0.717, 1.165) is 38.1 Å². The number of carbonyl (C=O) groups excluding carboxylic acids is 1. The second kappa shape index (κ2) is 5.85. The Balaban J connectivity index is 1.95. The average molecular weight is 315 g/mol. The highest BCUT2D eigenvalue weighted by Crippen LogP contribution is 2.33. The Hall–Kier alpha value is -1.89. The van der Waals surface area contributed by atoms with Crippen LogP contribution in [0.4, 0.5) is 0 Å². The normalized spacial score (nSPS) is 10.8.